The van der Waals surface area contributed by atoms with Gasteiger partial charge in [0, 0.05) is 24.9 Å². The number of pyridine rings is 1. The maximum atomic E-state index is 4.36. The van der Waals surface area contributed by atoms with E-state index in [4.69, 9.17) is 0 Å². The average Bonchev–Trinajstić information content (AvgIpc) is 2.78. The molecule has 4 nitrogen and oxygen atoms in total. The topological polar surface area (TPSA) is 53.6 Å². The first-order valence-corrected chi connectivity index (χ1v) is 5.11. The van der Waals surface area contributed by atoms with Crippen molar-refractivity contribution in [1.82, 2.24) is 20.3 Å². The van der Waals surface area contributed by atoms with E-state index in [-0.39, 0.29) is 6.04 Å². The summed E-state index contributed by atoms with van der Waals surface area (Å²) in [6.07, 6.45) is 4.59. The molecule has 15 heavy (non-hydrogen) atoms. The fourth-order valence-corrected chi connectivity index (χ4v) is 2.01. The van der Waals surface area contributed by atoms with Gasteiger partial charge in [0.1, 0.15) is 0 Å². The van der Waals surface area contributed by atoms with Crippen LogP contribution in [0.1, 0.15) is 23.1 Å². The van der Waals surface area contributed by atoms with Gasteiger partial charge in [-0.15, -0.1) is 0 Å². The van der Waals surface area contributed by atoms with Crippen LogP contribution in [0.25, 0.3) is 0 Å². The second-order valence-electron chi connectivity index (χ2n) is 3.66. The summed E-state index contributed by atoms with van der Waals surface area (Å²) in [5.41, 5.74) is 3.34. The lowest BCUT2D eigenvalue weighted by Crippen LogP contribution is -2.31. The molecule has 0 unspecified atom stereocenters. The Morgan fingerprint density at radius 1 is 1.27 bits per heavy atom. The SMILES string of the molecule is c1ccc([C@H]2NCCc3[nH]cnc32)nc1. The molecule has 3 heterocycles. The highest BCUT2D eigenvalue weighted by atomic mass is 15.0. The molecule has 0 aromatic carbocycles. The fraction of sp³-hybridized carbons (Fsp3) is 0.273. The Balaban J connectivity index is 2.03. The van der Waals surface area contributed by atoms with Gasteiger partial charge in [0.15, 0.2) is 0 Å². The smallest absolute Gasteiger partial charge is 0.0943 e. The molecule has 0 saturated carbocycles. The van der Waals surface area contributed by atoms with Crippen molar-refractivity contribution in [2.75, 3.05) is 6.54 Å². The van der Waals surface area contributed by atoms with Crippen LogP contribution in [0.5, 0.6) is 0 Å². The van der Waals surface area contributed by atoms with E-state index in [1.54, 1.807) is 6.33 Å². The molecule has 0 bridgehead atoms. The number of nitrogens with one attached hydrogen (secondary N) is 2. The molecule has 4 heteroatoms. The Labute approximate surface area is 87.8 Å². The third-order valence-electron chi connectivity index (χ3n) is 2.73. The van der Waals surface area contributed by atoms with Gasteiger partial charge in [-0.3, -0.25) is 4.98 Å². The molecule has 2 aromatic rings. The monoisotopic (exact) mass is 200 g/mol. The lowest BCUT2D eigenvalue weighted by molar-refractivity contribution is 0.543. The number of hydrogen-bond acceptors (Lipinski definition) is 3. The maximum Gasteiger partial charge on any atom is 0.0943 e. The van der Waals surface area contributed by atoms with Crippen molar-refractivity contribution in [2.24, 2.45) is 0 Å². The van der Waals surface area contributed by atoms with Crippen LogP contribution >= 0.6 is 0 Å². The van der Waals surface area contributed by atoms with Gasteiger partial charge >= 0.3 is 0 Å². The molecule has 1 aliphatic heterocycles. The molecule has 0 spiro atoms. The Morgan fingerprint density at radius 2 is 2.27 bits per heavy atom. The fourth-order valence-electron chi connectivity index (χ4n) is 2.01. The number of rotatable bonds is 1. The summed E-state index contributed by atoms with van der Waals surface area (Å²) < 4.78 is 0. The van der Waals surface area contributed by atoms with E-state index in [9.17, 15) is 0 Å². The Morgan fingerprint density at radius 3 is 3.13 bits per heavy atom. The van der Waals surface area contributed by atoms with Crippen molar-refractivity contribution in [3.05, 3.63) is 47.8 Å². The zero-order valence-electron chi connectivity index (χ0n) is 8.27. The van der Waals surface area contributed by atoms with Gasteiger partial charge in [-0.25, -0.2) is 4.98 Å². The number of imidazole rings is 1. The van der Waals surface area contributed by atoms with Gasteiger partial charge < -0.3 is 10.3 Å². The molecule has 0 radical (unpaired) electrons. The van der Waals surface area contributed by atoms with Crippen LogP contribution in [0, 0.1) is 0 Å². The summed E-state index contributed by atoms with van der Waals surface area (Å²) in [6.45, 7) is 0.969. The second-order valence-corrected chi connectivity index (χ2v) is 3.66. The first kappa shape index (κ1) is 8.61. The third kappa shape index (κ3) is 1.43. The minimum Gasteiger partial charge on any atom is -0.348 e. The Hall–Kier alpha value is -1.68. The van der Waals surface area contributed by atoms with E-state index < -0.39 is 0 Å². The molecule has 0 amide bonds. The quantitative estimate of drug-likeness (QED) is 0.723. The van der Waals surface area contributed by atoms with E-state index in [1.807, 2.05) is 24.4 Å². The van der Waals surface area contributed by atoms with E-state index in [0.717, 1.165) is 24.4 Å². The maximum absolute atomic E-state index is 4.36. The predicted molar refractivity (Wildman–Crippen MR) is 56.4 cm³/mol. The van der Waals surface area contributed by atoms with E-state index >= 15 is 0 Å². The Kier molecular flexibility index (Phi) is 1.99. The van der Waals surface area contributed by atoms with Crippen molar-refractivity contribution in [1.29, 1.82) is 0 Å². The summed E-state index contributed by atoms with van der Waals surface area (Å²) in [7, 11) is 0. The molecule has 0 fully saturated rings. The van der Waals surface area contributed by atoms with E-state index in [2.05, 4.69) is 20.3 Å². The third-order valence-corrected chi connectivity index (χ3v) is 2.73. The van der Waals surface area contributed by atoms with E-state index in [0.29, 0.717) is 0 Å². The zero-order valence-corrected chi connectivity index (χ0v) is 8.27. The molecular formula is C11H12N4. The summed E-state index contributed by atoms with van der Waals surface area (Å²) in [5.74, 6) is 0. The van der Waals surface area contributed by atoms with Crippen molar-refractivity contribution in [3.63, 3.8) is 0 Å². The van der Waals surface area contributed by atoms with Crippen LogP contribution in [0.4, 0.5) is 0 Å². The number of aromatic amines is 1. The van der Waals surface area contributed by atoms with Crippen LogP contribution < -0.4 is 5.32 Å². The first-order valence-electron chi connectivity index (χ1n) is 5.11. The van der Waals surface area contributed by atoms with E-state index in [1.165, 1.54) is 5.69 Å². The van der Waals surface area contributed by atoms with Crippen LogP contribution in [0.15, 0.2) is 30.7 Å². The van der Waals surface area contributed by atoms with Gasteiger partial charge in [0.25, 0.3) is 0 Å². The number of aromatic nitrogens is 3. The van der Waals surface area contributed by atoms with Gasteiger partial charge in [0.2, 0.25) is 0 Å². The van der Waals surface area contributed by atoms with Crippen LogP contribution in [0.2, 0.25) is 0 Å². The summed E-state index contributed by atoms with van der Waals surface area (Å²) >= 11 is 0. The summed E-state index contributed by atoms with van der Waals surface area (Å²) in [6, 6.07) is 6.10. The van der Waals surface area contributed by atoms with Crippen LogP contribution in [-0.4, -0.2) is 21.5 Å². The lowest BCUT2D eigenvalue weighted by Gasteiger charge is -2.22. The van der Waals surface area contributed by atoms with Gasteiger partial charge in [-0.1, -0.05) is 6.07 Å². The number of hydrogen-bond donors (Lipinski definition) is 2. The van der Waals surface area contributed by atoms with Gasteiger partial charge in [0.05, 0.1) is 23.8 Å². The molecule has 0 saturated heterocycles. The normalized spacial score (nSPS) is 19.9. The highest BCUT2D eigenvalue weighted by Gasteiger charge is 2.24. The number of fused-ring (bicyclic) bond motifs is 1. The molecule has 3 rings (SSSR count). The van der Waals surface area contributed by atoms with Crippen molar-refractivity contribution in [2.45, 2.75) is 12.5 Å². The second kappa shape index (κ2) is 3.47. The minimum atomic E-state index is 0.140. The molecule has 1 atom stereocenters. The first-order chi connectivity index (χ1) is 7.45. The van der Waals surface area contributed by atoms with Crippen LogP contribution in [0.3, 0.4) is 0 Å². The van der Waals surface area contributed by atoms with Gasteiger partial charge in [-0.2, -0.15) is 0 Å². The summed E-state index contributed by atoms with van der Waals surface area (Å²) in [5, 5.41) is 3.43. The van der Waals surface area contributed by atoms with Gasteiger partial charge in [-0.05, 0) is 12.1 Å². The molecular weight excluding hydrogens is 188 g/mol. The predicted octanol–water partition coefficient (Wildman–Crippen LogP) is 1.04. The van der Waals surface area contributed by atoms with Crippen molar-refractivity contribution >= 4 is 0 Å². The highest BCUT2D eigenvalue weighted by Crippen LogP contribution is 2.24. The standard InChI is InChI=1S/C11H12N4/c1-2-5-12-8(3-1)10-11-9(4-6-13-10)14-7-15-11/h1-3,5,7,10,13H,4,6H2,(H,14,15)/t10-/m1/s1. The molecule has 0 aliphatic carbocycles. The number of nitrogens with zero attached hydrogens (tertiary/aromatic N) is 2. The summed E-state index contributed by atoms with van der Waals surface area (Å²) in [4.78, 5) is 11.9. The molecule has 2 N–H and O–H groups in total. The Bertz CT molecular complexity index is 449. The minimum absolute atomic E-state index is 0.140. The van der Waals surface area contributed by atoms with Crippen molar-refractivity contribution in [3.8, 4) is 0 Å². The molecule has 1 aliphatic rings. The molecule has 76 valence electrons. The lowest BCUT2D eigenvalue weighted by atomic mass is 10.0. The van der Waals surface area contributed by atoms with Crippen molar-refractivity contribution < 1.29 is 0 Å². The van der Waals surface area contributed by atoms with Crippen LogP contribution in [-0.2, 0) is 6.42 Å². The average molecular weight is 200 g/mol. The number of H-pyrrole nitrogens is 1. The highest BCUT2D eigenvalue weighted by molar-refractivity contribution is 5.27. The zero-order chi connectivity index (χ0) is 10.1. The molecule has 2 aromatic heterocycles. The largest absolute Gasteiger partial charge is 0.348 e.